The van der Waals surface area contributed by atoms with Gasteiger partial charge in [0.25, 0.3) is 5.91 Å². The summed E-state index contributed by atoms with van der Waals surface area (Å²) in [5, 5.41) is 13.9. The van der Waals surface area contributed by atoms with E-state index in [4.69, 9.17) is 32.9 Å². The van der Waals surface area contributed by atoms with E-state index < -0.39 is 5.60 Å². The Morgan fingerprint density at radius 3 is 2.44 bits per heavy atom. The molecule has 2 aliphatic heterocycles. The third kappa shape index (κ3) is 5.75. The summed E-state index contributed by atoms with van der Waals surface area (Å²) >= 11 is 13.9. The number of hydrogen-bond acceptors (Lipinski definition) is 7. The van der Waals surface area contributed by atoms with E-state index in [1.807, 2.05) is 68.1 Å². The van der Waals surface area contributed by atoms with Gasteiger partial charge in [-0.05, 0) is 26.1 Å². The summed E-state index contributed by atoms with van der Waals surface area (Å²) in [6, 6.07) is 15.1. The second-order valence-corrected chi connectivity index (χ2v) is 12.4. The highest BCUT2D eigenvalue weighted by atomic mass is 35.5. The van der Waals surface area contributed by atoms with Crippen LogP contribution in [0.25, 0.3) is 22.4 Å². The lowest BCUT2D eigenvalue weighted by atomic mass is 9.96. The van der Waals surface area contributed by atoms with Gasteiger partial charge >= 0.3 is 0 Å². The maximum atomic E-state index is 13.3. The second kappa shape index (κ2) is 11.6. The highest BCUT2D eigenvalue weighted by Gasteiger charge is 2.36. The summed E-state index contributed by atoms with van der Waals surface area (Å²) in [6.45, 7) is 5.31. The molecule has 1 fully saturated rings. The van der Waals surface area contributed by atoms with Crippen molar-refractivity contribution in [3.8, 4) is 28.3 Å². The number of nitrogens with zero attached hydrogens (tertiary/aromatic N) is 5. The topological polar surface area (TPSA) is 95.7 Å². The standard InChI is InChI=1S/C32H34Cl2N6O3/c1-32(42)17-40(18-32)15-19-11-12-23(37-31(19)43-4)22-9-5-7-20(27(22)33)21-8-6-10-24(28(21)34)36-30(41)29-35-25-16-38(2)14-13-26(25)39(29)3/h5-12,42H,13-18H2,1-4H3,(H,36,41). The molecule has 0 bridgehead atoms. The minimum Gasteiger partial charge on any atom is -0.481 e. The summed E-state index contributed by atoms with van der Waals surface area (Å²) in [6.07, 6.45) is 0.846. The number of likely N-dealkylation sites (N-methyl/N-ethyl adjacent to an activating group) is 1. The number of hydrogen-bond donors (Lipinski definition) is 2. The van der Waals surface area contributed by atoms with E-state index in [1.165, 1.54) is 0 Å². The summed E-state index contributed by atoms with van der Waals surface area (Å²) in [7, 11) is 5.52. The van der Waals surface area contributed by atoms with E-state index in [1.54, 1.807) is 13.2 Å². The van der Waals surface area contributed by atoms with E-state index in [0.29, 0.717) is 70.4 Å². The van der Waals surface area contributed by atoms with Crippen molar-refractivity contribution < 1.29 is 14.6 Å². The molecule has 43 heavy (non-hydrogen) atoms. The zero-order valence-electron chi connectivity index (χ0n) is 24.6. The van der Waals surface area contributed by atoms with E-state index in [0.717, 1.165) is 35.5 Å². The molecule has 2 aromatic heterocycles. The molecule has 0 aliphatic carbocycles. The number of likely N-dealkylation sites (tertiary alicyclic amines) is 1. The van der Waals surface area contributed by atoms with Crippen LogP contribution in [0.2, 0.25) is 10.0 Å². The molecule has 224 valence electrons. The molecule has 0 atom stereocenters. The predicted octanol–water partition coefficient (Wildman–Crippen LogP) is 5.27. The number of aromatic nitrogens is 3. The molecule has 4 aromatic rings. The number of carbonyl (C=O) groups is 1. The van der Waals surface area contributed by atoms with Crippen molar-refractivity contribution in [2.75, 3.05) is 39.1 Å². The van der Waals surface area contributed by atoms with E-state index in [9.17, 15) is 9.90 Å². The lowest BCUT2D eigenvalue weighted by molar-refractivity contribution is -0.0873. The molecule has 2 N–H and O–H groups in total. The molecule has 9 nitrogen and oxygen atoms in total. The van der Waals surface area contributed by atoms with Crippen molar-refractivity contribution in [3.05, 3.63) is 81.4 Å². The first-order valence-corrected chi connectivity index (χ1v) is 14.9. The average Bonchev–Trinajstić information content (AvgIpc) is 3.29. The van der Waals surface area contributed by atoms with Gasteiger partial charge in [-0.3, -0.25) is 9.69 Å². The van der Waals surface area contributed by atoms with Crippen molar-refractivity contribution in [3.63, 3.8) is 0 Å². The van der Waals surface area contributed by atoms with Crippen molar-refractivity contribution in [2.45, 2.75) is 32.0 Å². The van der Waals surface area contributed by atoms with E-state index in [-0.39, 0.29) is 5.91 Å². The first-order valence-electron chi connectivity index (χ1n) is 14.2. The van der Waals surface area contributed by atoms with E-state index in [2.05, 4.69) is 20.1 Å². The molecule has 1 saturated heterocycles. The molecular weight excluding hydrogens is 587 g/mol. The Kier molecular flexibility index (Phi) is 7.95. The smallest absolute Gasteiger partial charge is 0.291 e. The lowest BCUT2D eigenvalue weighted by Gasteiger charge is -2.44. The molecule has 0 spiro atoms. The first-order chi connectivity index (χ1) is 20.5. The number of imidazole rings is 1. The fourth-order valence-electron chi connectivity index (χ4n) is 6.00. The number of benzene rings is 2. The number of amides is 1. The van der Waals surface area contributed by atoms with Crippen molar-refractivity contribution >= 4 is 34.8 Å². The zero-order chi connectivity index (χ0) is 30.5. The Morgan fingerprint density at radius 1 is 1.02 bits per heavy atom. The molecule has 2 aliphatic rings. The number of halogens is 2. The normalized spacial score (nSPS) is 16.4. The van der Waals surface area contributed by atoms with Crippen LogP contribution < -0.4 is 10.1 Å². The summed E-state index contributed by atoms with van der Waals surface area (Å²) in [4.78, 5) is 27.0. The van der Waals surface area contributed by atoms with Gasteiger partial charge in [0.2, 0.25) is 5.88 Å². The minimum atomic E-state index is -0.648. The maximum Gasteiger partial charge on any atom is 0.291 e. The number of methoxy groups -OCH3 is 1. The Hall–Kier alpha value is -3.47. The number of anilines is 1. The van der Waals surface area contributed by atoms with Crippen molar-refractivity contribution in [1.82, 2.24) is 24.3 Å². The Bertz CT molecular complexity index is 1710. The quantitative estimate of drug-likeness (QED) is 0.290. The predicted molar refractivity (Wildman–Crippen MR) is 169 cm³/mol. The summed E-state index contributed by atoms with van der Waals surface area (Å²) in [5.41, 5.74) is 5.54. The number of aliphatic hydroxyl groups is 1. The SMILES string of the molecule is COc1nc(-c2cccc(-c3cccc(NC(=O)c4nc5c(n4C)CCN(C)C5)c3Cl)c2Cl)ccc1CN1CC(C)(O)C1. The third-order valence-electron chi connectivity index (χ3n) is 8.12. The van der Waals surface area contributed by atoms with Crippen LogP contribution in [0, 0.1) is 0 Å². The number of pyridine rings is 1. The van der Waals surface area contributed by atoms with Crippen LogP contribution in [0.3, 0.4) is 0 Å². The van der Waals surface area contributed by atoms with Gasteiger partial charge in [-0.15, -0.1) is 0 Å². The van der Waals surface area contributed by atoms with Gasteiger partial charge in [-0.2, -0.15) is 0 Å². The molecule has 4 heterocycles. The molecule has 0 unspecified atom stereocenters. The van der Waals surface area contributed by atoms with Crippen LogP contribution in [0.15, 0.2) is 48.5 Å². The zero-order valence-corrected chi connectivity index (χ0v) is 26.1. The number of nitrogens with one attached hydrogen (secondary N) is 1. The minimum absolute atomic E-state index is 0.323. The highest BCUT2D eigenvalue weighted by Crippen LogP contribution is 2.41. The van der Waals surface area contributed by atoms with Crippen LogP contribution >= 0.6 is 23.2 Å². The molecule has 6 rings (SSSR count). The fourth-order valence-corrected chi connectivity index (χ4v) is 6.60. The third-order valence-corrected chi connectivity index (χ3v) is 8.93. The largest absolute Gasteiger partial charge is 0.481 e. The van der Waals surface area contributed by atoms with Crippen LogP contribution in [-0.2, 0) is 26.6 Å². The molecule has 2 aromatic carbocycles. The lowest BCUT2D eigenvalue weighted by Crippen LogP contribution is -2.59. The molecule has 0 radical (unpaired) electrons. The fraction of sp³-hybridized carbons (Fsp3) is 0.344. The Balaban J connectivity index is 1.27. The molecule has 11 heteroatoms. The van der Waals surface area contributed by atoms with Gasteiger partial charge in [0, 0.05) is 74.1 Å². The van der Waals surface area contributed by atoms with Crippen LogP contribution in [-0.4, -0.2) is 74.7 Å². The van der Waals surface area contributed by atoms with Crippen molar-refractivity contribution in [2.24, 2.45) is 7.05 Å². The monoisotopic (exact) mass is 620 g/mol. The Labute approximate surface area is 261 Å². The van der Waals surface area contributed by atoms with Gasteiger partial charge in [0.15, 0.2) is 5.82 Å². The maximum absolute atomic E-state index is 13.3. The second-order valence-electron chi connectivity index (χ2n) is 11.7. The van der Waals surface area contributed by atoms with Crippen molar-refractivity contribution in [1.29, 1.82) is 0 Å². The van der Waals surface area contributed by atoms with Crippen LogP contribution in [0.4, 0.5) is 5.69 Å². The van der Waals surface area contributed by atoms with Crippen LogP contribution in [0.5, 0.6) is 5.88 Å². The van der Waals surface area contributed by atoms with E-state index >= 15 is 0 Å². The Morgan fingerprint density at radius 2 is 1.72 bits per heavy atom. The number of rotatable bonds is 7. The van der Waals surface area contributed by atoms with Gasteiger partial charge in [0.1, 0.15) is 0 Å². The average molecular weight is 622 g/mol. The highest BCUT2D eigenvalue weighted by molar-refractivity contribution is 6.39. The number of β-amino-alcohol motifs (C(OH)–C–C–N with tert-alkyl or cyclic N) is 1. The van der Waals surface area contributed by atoms with Gasteiger partial charge < -0.3 is 24.6 Å². The summed E-state index contributed by atoms with van der Waals surface area (Å²) in [5.74, 6) is 0.539. The molecular formula is C32H34Cl2N6O3. The summed E-state index contributed by atoms with van der Waals surface area (Å²) < 4.78 is 7.49. The first kappa shape index (κ1) is 29.6. The number of fused-ring (bicyclic) bond motifs is 1. The van der Waals surface area contributed by atoms with Gasteiger partial charge in [0.05, 0.1) is 39.8 Å². The van der Waals surface area contributed by atoms with Gasteiger partial charge in [-0.1, -0.05) is 59.6 Å². The molecule has 0 saturated carbocycles. The number of carbonyl (C=O) groups excluding carboxylic acids is 1. The number of ether oxygens (including phenoxy) is 1. The molecule has 1 amide bonds. The van der Waals surface area contributed by atoms with Crippen LogP contribution in [0.1, 0.15) is 34.5 Å². The van der Waals surface area contributed by atoms with Gasteiger partial charge in [-0.25, -0.2) is 9.97 Å².